The van der Waals surface area contributed by atoms with E-state index in [0.717, 1.165) is 128 Å². The predicted molar refractivity (Wildman–Crippen MR) is 184 cm³/mol. The van der Waals surface area contributed by atoms with Crippen molar-refractivity contribution in [2.24, 2.45) is 10.8 Å². The van der Waals surface area contributed by atoms with Crippen molar-refractivity contribution in [1.82, 2.24) is 0 Å². The van der Waals surface area contributed by atoms with Gasteiger partial charge in [0.25, 0.3) is 0 Å². The van der Waals surface area contributed by atoms with E-state index in [1.165, 1.54) is 12.8 Å². The van der Waals surface area contributed by atoms with Crippen molar-refractivity contribution < 1.29 is 24.2 Å². The first-order valence-corrected chi connectivity index (χ1v) is 18.0. The molecule has 0 radical (unpaired) electrons. The van der Waals surface area contributed by atoms with Crippen LogP contribution >= 0.6 is 0 Å². The molecule has 0 saturated carbocycles. The predicted octanol–water partition coefficient (Wildman–Crippen LogP) is 10.1. The van der Waals surface area contributed by atoms with Crippen LogP contribution in [0.1, 0.15) is 183 Å². The van der Waals surface area contributed by atoms with E-state index in [4.69, 9.17) is 9.47 Å². The molecule has 5 nitrogen and oxygen atoms in total. The van der Waals surface area contributed by atoms with E-state index in [9.17, 15) is 14.7 Å². The molecule has 254 valence electrons. The number of aliphatic hydroxyl groups is 1. The number of rotatable bonds is 26. The van der Waals surface area contributed by atoms with E-state index in [0.29, 0.717) is 13.2 Å². The third-order valence-electron chi connectivity index (χ3n) is 8.20. The molecule has 0 aliphatic carbocycles. The summed E-state index contributed by atoms with van der Waals surface area (Å²) in [5.74, 6) is 12.6. The number of esters is 2. The molecule has 0 aliphatic heterocycles. The second-order valence-electron chi connectivity index (χ2n) is 13.7. The lowest BCUT2D eigenvalue weighted by molar-refractivity contribution is -0.155. The van der Waals surface area contributed by atoms with E-state index in [1.54, 1.807) is 0 Å². The first kappa shape index (κ1) is 42.0. The lowest BCUT2D eigenvalue weighted by Gasteiger charge is -2.23. The molecule has 0 fully saturated rings. The Morgan fingerprint density at radius 2 is 0.909 bits per heavy atom. The van der Waals surface area contributed by atoms with Gasteiger partial charge in [0, 0.05) is 25.7 Å². The highest BCUT2D eigenvalue weighted by molar-refractivity contribution is 5.76. The van der Waals surface area contributed by atoms with Gasteiger partial charge in [0.15, 0.2) is 0 Å². The molecule has 0 bridgehead atoms. The summed E-state index contributed by atoms with van der Waals surface area (Å²) in [4.78, 5) is 25.0. The minimum absolute atomic E-state index is 0.109. The average Bonchev–Trinajstić information content (AvgIpc) is 2.98. The van der Waals surface area contributed by atoms with Crippen molar-refractivity contribution in [3.8, 4) is 23.7 Å². The maximum Gasteiger partial charge on any atom is 0.311 e. The molecule has 0 atom stereocenters. The van der Waals surface area contributed by atoms with Gasteiger partial charge in [0.1, 0.15) is 0 Å². The summed E-state index contributed by atoms with van der Waals surface area (Å²) in [6.07, 6.45) is 20.9. The van der Waals surface area contributed by atoms with Crippen LogP contribution in [-0.4, -0.2) is 36.4 Å². The normalized spacial score (nSPS) is 11.5. The molecule has 0 amide bonds. The van der Waals surface area contributed by atoms with E-state index >= 15 is 0 Å². The fourth-order valence-electron chi connectivity index (χ4n) is 4.83. The highest BCUT2D eigenvalue weighted by atomic mass is 16.5. The Balaban J connectivity index is 3.85. The summed E-state index contributed by atoms with van der Waals surface area (Å²) in [5, 5.41) is 10.4. The maximum atomic E-state index is 12.5. The second-order valence-corrected chi connectivity index (χ2v) is 13.7. The van der Waals surface area contributed by atoms with Crippen LogP contribution < -0.4 is 0 Å². The topological polar surface area (TPSA) is 72.8 Å². The van der Waals surface area contributed by atoms with Gasteiger partial charge < -0.3 is 14.6 Å². The van der Waals surface area contributed by atoms with Crippen LogP contribution in [0, 0.1) is 34.5 Å². The quantitative estimate of drug-likeness (QED) is 0.0595. The molecular weight excluding hydrogens is 548 g/mol. The molecule has 1 N–H and O–H groups in total. The zero-order chi connectivity index (χ0) is 32.9. The van der Waals surface area contributed by atoms with Crippen LogP contribution in [0.3, 0.4) is 0 Å². The molecule has 0 rings (SSSR count). The van der Waals surface area contributed by atoms with Crippen LogP contribution in [0.15, 0.2) is 0 Å². The number of unbranched alkanes of at least 4 members (excludes halogenated alkanes) is 12. The summed E-state index contributed by atoms with van der Waals surface area (Å²) in [6.45, 7) is 13.2. The Labute approximate surface area is 272 Å². The first-order valence-electron chi connectivity index (χ1n) is 18.0. The highest BCUT2D eigenvalue weighted by Crippen LogP contribution is 2.27. The number of aliphatic hydroxyl groups excluding tert-OH is 1. The molecule has 5 heteroatoms. The number of carbonyl (C=O) groups excluding carboxylic acids is 2. The average molecular weight is 617 g/mol. The van der Waals surface area contributed by atoms with Crippen molar-refractivity contribution in [3.05, 3.63) is 0 Å². The fraction of sp³-hybridized carbons (Fsp3) is 0.846. The van der Waals surface area contributed by atoms with Gasteiger partial charge in [-0.05, 0) is 91.9 Å². The summed E-state index contributed by atoms with van der Waals surface area (Å²) in [5.41, 5.74) is -0.941. The van der Waals surface area contributed by atoms with Gasteiger partial charge in [-0.3, -0.25) is 9.59 Å². The Kier molecular flexibility index (Phi) is 26.1. The molecule has 0 unspecified atom stereocenters. The Bertz CT molecular complexity index is 781. The monoisotopic (exact) mass is 617 g/mol. The van der Waals surface area contributed by atoms with Crippen molar-refractivity contribution in [1.29, 1.82) is 0 Å². The molecule has 0 aromatic carbocycles. The van der Waals surface area contributed by atoms with Crippen molar-refractivity contribution in [3.63, 3.8) is 0 Å². The highest BCUT2D eigenvalue weighted by Gasteiger charge is 2.29. The molecule has 0 heterocycles. The van der Waals surface area contributed by atoms with Gasteiger partial charge >= 0.3 is 11.9 Å². The van der Waals surface area contributed by atoms with E-state index < -0.39 is 10.8 Å². The summed E-state index contributed by atoms with van der Waals surface area (Å²) >= 11 is 0. The van der Waals surface area contributed by atoms with Crippen LogP contribution in [0.25, 0.3) is 0 Å². The molecule has 0 aromatic heterocycles. The number of ether oxygens (including phenoxy) is 2. The van der Waals surface area contributed by atoms with Gasteiger partial charge in [-0.1, -0.05) is 65.2 Å². The largest absolute Gasteiger partial charge is 0.465 e. The number of hydrogen-bond donors (Lipinski definition) is 1. The summed E-state index contributed by atoms with van der Waals surface area (Å²) in [6, 6.07) is 0. The minimum atomic E-state index is -0.471. The molecule has 0 spiro atoms. The zero-order valence-corrected chi connectivity index (χ0v) is 29.6. The van der Waals surface area contributed by atoms with Crippen molar-refractivity contribution in [2.45, 2.75) is 189 Å². The Morgan fingerprint density at radius 3 is 1.27 bits per heavy atom. The molecule has 0 saturated heterocycles. The summed E-state index contributed by atoms with van der Waals surface area (Å²) < 4.78 is 11.1. The van der Waals surface area contributed by atoms with Crippen LogP contribution in [0.4, 0.5) is 0 Å². The van der Waals surface area contributed by atoms with Crippen LogP contribution in [-0.2, 0) is 19.1 Å². The lowest BCUT2D eigenvalue weighted by Crippen LogP contribution is -2.27. The zero-order valence-electron chi connectivity index (χ0n) is 29.6. The van der Waals surface area contributed by atoms with Crippen LogP contribution in [0.2, 0.25) is 0 Å². The van der Waals surface area contributed by atoms with Gasteiger partial charge in [-0.2, -0.15) is 0 Å². The molecule has 0 aliphatic rings. The lowest BCUT2D eigenvalue weighted by atomic mass is 9.86. The van der Waals surface area contributed by atoms with Gasteiger partial charge in [-0.25, -0.2) is 0 Å². The first-order chi connectivity index (χ1) is 21.1. The third kappa shape index (κ3) is 24.4. The van der Waals surface area contributed by atoms with Crippen molar-refractivity contribution in [2.75, 3.05) is 13.2 Å². The minimum Gasteiger partial charge on any atom is -0.465 e. The fourth-order valence-corrected chi connectivity index (χ4v) is 4.83. The molecular formula is C39H68O5. The summed E-state index contributed by atoms with van der Waals surface area (Å²) in [7, 11) is 0. The number of carbonyl (C=O) groups is 2. The standard InChI is InChI=1S/C39H68O5/c1-7-9-11-13-15-17-19-27-33-43-36(41)38(3,4)31-25-21-23-29-35(40)30-24-22-26-32-39(5,6)37(42)44-34-28-20-18-16-14-12-10-8-2/h35,40H,7-12,17-34H2,1-6H3. The molecule has 44 heavy (non-hydrogen) atoms. The SMILES string of the molecule is CCCCC#CCCCCOC(=O)C(C)(C)CCCCCC(O)CCCCCC(C)(C)C(=O)OCCCCC#CCCCC. The number of hydrogen-bond acceptors (Lipinski definition) is 5. The van der Waals surface area contributed by atoms with Gasteiger partial charge in [0.05, 0.1) is 30.1 Å². The van der Waals surface area contributed by atoms with E-state index in [-0.39, 0.29) is 18.0 Å². The van der Waals surface area contributed by atoms with Gasteiger partial charge in [0.2, 0.25) is 0 Å². The van der Waals surface area contributed by atoms with Crippen LogP contribution in [0.5, 0.6) is 0 Å². The van der Waals surface area contributed by atoms with E-state index in [2.05, 4.69) is 37.5 Å². The Morgan fingerprint density at radius 1 is 0.545 bits per heavy atom. The molecule has 0 aromatic rings. The van der Waals surface area contributed by atoms with E-state index in [1.807, 2.05) is 27.7 Å². The second kappa shape index (κ2) is 27.3. The van der Waals surface area contributed by atoms with Gasteiger partial charge in [-0.15, -0.1) is 23.7 Å². The maximum absolute atomic E-state index is 12.5. The third-order valence-corrected chi connectivity index (χ3v) is 8.20. The Hall–Kier alpha value is -1.98. The van der Waals surface area contributed by atoms with Crippen molar-refractivity contribution >= 4 is 11.9 Å². The smallest absolute Gasteiger partial charge is 0.311 e.